The standard InChI is InChI=1S/C10H14O5/c1-2-13-3-4-14-10-7-15-8(6-11)5-9(10)12/h5,7,11H,2-4,6H2,1H3. The summed E-state index contributed by atoms with van der Waals surface area (Å²) in [6.07, 6.45) is 1.19. The van der Waals surface area contributed by atoms with Gasteiger partial charge in [0.05, 0.1) is 6.61 Å². The van der Waals surface area contributed by atoms with Gasteiger partial charge in [-0.2, -0.15) is 0 Å². The van der Waals surface area contributed by atoms with Gasteiger partial charge in [-0.05, 0) is 6.92 Å². The molecule has 1 aromatic rings. The third kappa shape index (κ3) is 3.73. The van der Waals surface area contributed by atoms with E-state index in [2.05, 4.69) is 0 Å². The molecule has 0 aliphatic heterocycles. The van der Waals surface area contributed by atoms with Crippen molar-refractivity contribution in [2.24, 2.45) is 0 Å². The van der Waals surface area contributed by atoms with Crippen molar-refractivity contribution in [3.05, 3.63) is 28.3 Å². The van der Waals surface area contributed by atoms with E-state index in [1.165, 1.54) is 12.3 Å². The van der Waals surface area contributed by atoms with Gasteiger partial charge in [-0.25, -0.2) is 0 Å². The average Bonchev–Trinajstić information content (AvgIpc) is 2.26. The molecule has 0 unspecified atom stereocenters. The van der Waals surface area contributed by atoms with Gasteiger partial charge in [-0.15, -0.1) is 0 Å². The molecule has 0 radical (unpaired) electrons. The highest BCUT2D eigenvalue weighted by Crippen LogP contribution is 2.05. The minimum absolute atomic E-state index is 0.131. The van der Waals surface area contributed by atoms with Crippen molar-refractivity contribution in [3.63, 3.8) is 0 Å². The Morgan fingerprint density at radius 2 is 2.27 bits per heavy atom. The van der Waals surface area contributed by atoms with E-state index in [0.717, 1.165) is 0 Å². The quantitative estimate of drug-likeness (QED) is 0.700. The summed E-state index contributed by atoms with van der Waals surface area (Å²) in [5.74, 6) is 0.351. The van der Waals surface area contributed by atoms with Gasteiger partial charge in [0.15, 0.2) is 0 Å². The van der Waals surface area contributed by atoms with Crippen molar-refractivity contribution in [3.8, 4) is 5.75 Å². The summed E-state index contributed by atoms with van der Waals surface area (Å²) >= 11 is 0. The molecule has 5 heteroatoms. The lowest BCUT2D eigenvalue weighted by atomic mass is 10.4. The van der Waals surface area contributed by atoms with Gasteiger partial charge in [-0.3, -0.25) is 4.79 Å². The monoisotopic (exact) mass is 214 g/mol. The predicted octanol–water partition coefficient (Wildman–Crippen LogP) is 0.547. The molecule has 0 bridgehead atoms. The Bertz CT molecular complexity index is 344. The van der Waals surface area contributed by atoms with Crippen molar-refractivity contribution in [1.82, 2.24) is 0 Å². The second-order valence-corrected chi connectivity index (χ2v) is 2.78. The normalized spacial score (nSPS) is 10.3. The SMILES string of the molecule is CCOCCOc1coc(CO)cc1=O. The van der Waals surface area contributed by atoms with E-state index in [1.54, 1.807) is 0 Å². The lowest BCUT2D eigenvalue weighted by Crippen LogP contribution is -2.12. The summed E-state index contributed by atoms with van der Waals surface area (Å²) in [5, 5.41) is 8.71. The van der Waals surface area contributed by atoms with Gasteiger partial charge < -0.3 is 19.0 Å². The highest BCUT2D eigenvalue weighted by atomic mass is 16.5. The molecule has 0 fully saturated rings. The Balaban J connectivity index is 2.51. The Morgan fingerprint density at radius 1 is 1.47 bits per heavy atom. The molecular formula is C10H14O5. The number of rotatable bonds is 6. The van der Waals surface area contributed by atoms with Gasteiger partial charge in [-0.1, -0.05) is 0 Å². The lowest BCUT2D eigenvalue weighted by molar-refractivity contribution is 0.108. The Hall–Kier alpha value is -1.33. The van der Waals surface area contributed by atoms with E-state index >= 15 is 0 Å². The maximum absolute atomic E-state index is 11.3. The highest BCUT2D eigenvalue weighted by molar-refractivity contribution is 5.17. The topological polar surface area (TPSA) is 68.9 Å². The van der Waals surface area contributed by atoms with Crippen molar-refractivity contribution >= 4 is 0 Å². The van der Waals surface area contributed by atoms with Crippen LogP contribution in [0.5, 0.6) is 5.75 Å². The largest absolute Gasteiger partial charge is 0.484 e. The molecule has 0 aliphatic rings. The summed E-state index contributed by atoms with van der Waals surface area (Å²) in [4.78, 5) is 11.3. The van der Waals surface area contributed by atoms with Crippen LogP contribution in [0.15, 0.2) is 21.5 Å². The molecule has 15 heavy (non-hydrogen) atoms. The summed E-state index contributed by atoms with van der Waals surface area (Å²) in [7, 11) is 0. The van der Waals surface area contributed by atoms with E-state index < -0.39 is 0 Å². The van der Waals surface area contributed by atoms with Crippen LogP contribution >= 0.6 is 0 Å². The fourth-order valence-corrected chi connectivity index (χ4v) is 0.982. The van der Waals surface area contributed by atoms with Crippen LogP contribution < -0.4 is 10.2 Å². The first-order valence-electron chi connectivity index (χ1n) is 4.71. The molecule has 0 atom stereocenters. The first-order valence-corrected chi connectivity index (χ1v) is 4.71. The molecule has 0 spiro atoms. The molecule has 0 amide bonds. The van der Waals surface area contributed by atoms with Crippen molar-refractivity contribution in [2.75, 3.05) is 19.8 Å². The third-order valence-electron chi connectivity index (χ3n) is 1.70. The van der Waals surface area contributed by atoms with E-state index in [1.807, 2.05) is 6.92 Å². The molecular weight excluding hydrogens is 200 g/mol. The fourth-order valence-electron chi connectivity index (χ4n) is 0.982. The second kappa shape index (κ2) is 6.21. The van der Waals surface area contributed by atoms with E-state index in [9.17, 15) is 4.79 Å². The lowest BCUT2D eigenvalue weighted by Gasteiger charge is -2.04. The maximum atomic E-state index is 11.3. The number of ether oxygens (including phenoxy) is 2. The van der Waals surface area contributed by atoms with Crippen LogP contribution in [0, 0.1) is 0 Å². The average molecular weight is 214 g/mol. The summed E-state index contributed by atoms with van der Waals surface area (Å²) in [5.41, 5.74) is -0.304. The zero-order valence-corrected chi connectivity index (χ0v) is 8.56. The fraction of sp³-hybridized carbons (Fsp3) is 0.500. The smallest absolute Gasteiger partial charge is 0.227 e. The molecule has 0 saturated carbocycles. The van der Waals surface area contributed by atoms with Gasteiger partial charge >= 0.3 is 0 Å². The summed E-state index contributed by atoms with van der Waals surface area (Å²) in [6, 6.07) is 1.20. The number of aliphatic hydroxyl groups excluding tert-OH is 1. The van der Waals surface area contributed by atoms with Crippen molar-refractivity contribution in [1.29, 1.82) is 0 Å². The van der Waals surface area contributed by atoms with Crippen LogP contribution in [-0.2, 0) is 11.3 Å². The van der Waals surface area contributed by atoms with Crippen LogP contribution in [0.3, 0.4) is 0 Å². The number of aliphatic hydroxyl groups is 1. The van der Waals surface area contributed by atoms with Gasteiger partial charge in [0, 0.05) is 12.7 Å². The van der Waals surface area contributed by atoms with Crippen LogP contribution in [-0.4, -0.2) is 24.9 Å². The molecule has 1 N–H and O–H groups in total. The summed E-state index contributed by atoms with van der Waals surface area (Å²) < 4.78 is 15.1. The first-order chi connectivity index (χ1) is 7.27. The molecule has 1 heterocycles. The van der Waals surface area contributed by atoms with E-state index in [4.69, 9.17) is 19.0 Å². The van der Waals surface area contributed by atoms with Gasteiger partial charge in [0.2, 0.25) is 11.2 Å². The number of hydrogen-bond acceptors (Lipinski definition) is 5. The molecule has 0 aliphatic carbocycles. The van der Waals surface area contributed by atoms with Crippen LogP contribution in [0.1, 0.15) is 12.7 Å². The van der Waals surface area contributed by atoms with E-state index in [-0.39, 0.29) is 23.5 Å². The highest BCUT2D eigenvalue weighted by Gasteiger charge is 2.03. The summed E-state index contributed by atoms with van der Waals surface area (Å²) in [6.45, 7) is 2.93. The minimum Gasteiger partial charge on any atom is -0.484 e. The maximum Gasteiger partial charge on any atom is 0.227 e. The number of hydrogen-bond donors (Lipinski definition) is 1. The van der Waals surface area contributed by atoms with Crippen molar-refractivity contribution < 1.29 is 19.0 Å². The molecule has 1 rings (SSSR count). The van der Waals surface area contributed by atoms with Gasteiger partial charge in [0.25, 0.3) is 0 Å². The van der Waals surface area contributed by atoms with Crippen molar-refractivity contribution in [2.45, 2.75) is 13.5 Å². The molecule has 5 nitrogen and oxygen atoms in total. The third-order valence-corrected chi connectivity index (χ3v) is 1.70. The Kier molecular flexibility index (Phi) is 4.86. The Labute approximate surface area is 87.2 Å². The second-order valence-electron chi connectivity index (χ2n) is 2.78. The molecule has 84 valence electrons. The van der Waals surface area contributed by atoms with Crippen LogP contribution in [0.2, 0.25) is 0 Å². The zero-order chi connectivity index (χ0) is 11.1. The van der Waals surface area contributed by atoms with E-state index in [0.29, 0.717) is 19.8 Å². The predicted molar refractivity (Wildman–Crippen MR) is 52.9 cm³/mol. The molecule has 0 saturated heterocycles. The van der Waals surface area contributed by atoms with Gasteiger partial charge in [0.1, 0.15) is 25.2 Å². The zero-order valence-electron chi connectivity index (χ0n) is 8.56. The molecule has 1 aromatic heterocycles. The first kappa shape index (κ1) is 11.7. The van der Waals surface area contributed by atoms with Crippen LogP contribution in [0.25, 0.3) is 0 Å². The van der Waals surface area contributed by atoms with Crippen LogP contribution in [0.4, 0.5) is 0 Å². The molecule has 0 aromatic carbocycles. The minimum atomic E-state index is -0.304. The Morgan fingerprint density at radius 3 is 2.87 bits per heavy atom.